The molecule has 0 amide bonds. The molecule has 2 rings (SSSR count). The van der Waals surface area contributed by atoms with Crippen LogP contribution in [-0.4, -0.2) is 18.8 Å². The molecule has 0 spiro atoms. The van der Waals surface area contributed by atoms with Crippen LogP contribution in [0.2, 0.25) is 0 Å². The van der Waals surface area contributed by atoms with E-state index < -0.39 is 10.1 Å². The Morgan fingerprint density at radius 2 is 1.62 bits per heavy atom. The Hall–Kier alpha value is -2.05. The van der Waals surface area contributed by atoms with E-state index in [2.05, 4.69) is 0 Å². The second-order valence-electron chi connectivity index (χ2n) is 4.52. The molecule has 0 aliphatic heterocycles. The molecule has 112 valence electrons. The Kier molecular flexibility index (Phi) is 6.20. The average Bonchev–Trinajstić information content (AvgIpc) is 2.39. The van der Waals surface area contributed by atoms with Gasteiger partial charge in [0.1, 0.15) is 10.1 Å². The number of benzene rings is 1. The number of hydrogen-bond donors (Lipinski definition) is 0. The van der Waals surface area contributed by atoms with Gasteiger partial charge in [-0.1, -0.05) is 23.8 Å². The Bertz CT molecular complexity index is 679. The van der Waals surface area contributed by atoms with Crippen molar-refractivity contribution in [1.29, 1.82) is 0 Å². The number of aromatic nitrogens is 1. The fraction of sp³-hybridized carbons (Fsp3) is 0.200. The summed E-state index contributed by atoms with van der Waals surface area (Å²) in [6.45, 7) is 3.88. The third-order valence-electron chi connectivity index (χ3n) is 2.49. The summed E-state index contributed by atoms with van der Waals surface area (Å²) in [6, 6.07) is 11.5. The molecule has 0 unspecified atom stereocenters. The Labute approximate surface area is 124 Å². The maximum atomic E-state index is 10.6. The van der Waals surface area contributed by atoms with Crippen molar-refractivity contribution < 1.29 is 22.3 Å². The van der Waals surface area contributed by atoms with Crippen LogP contribution in [0, 0.1) is 6.92 Å². The van der Waals surface area contributed by atoms with Gasteiger partial charge < -0.3 is 4.55 Å². The van der Waals surface area contributed by atoms with E-state index in [4.69, 9.17) is 0 Å². The van der Waals surface area contributed by atoms with E-state index in [1.807, 2.05) is 42.1 Å². The lowest BCUT2D eigenvalue weighted by Crippen LogP contribution is -2.35. The highest BCUT2D eigenvalue weighted by Crippen LogP contribution is 2.08. The molecular weight excluding hydrogens is 290 g/mol. The number of carbonyl (C=O) groups excluding carboxylic acids is 1. The molecule has 5 nitrogen and oxygen atoms in total. The van der Waals surface area contributed by atoms with Crippen LogP contribution in [0.5, 0.6) is 0 Å². The van der Waals surface area contributed by atoms with Gasteiger partial charge >= 0.3 is 0 Å². The Morgan fingerprint density at radius 3 is 2.05 bits per heavy atom. The number of pyridine rings is 1. The number of hydrogen-bond acceptors (Lipinski definition) is 4. The third kappa shape index (κ3) is 6.78. The topological polar surface area (TPSA) is 78.1 Å². The molecule has 0 atom stereocenters. The van der Waals surface area contributed by atoms with Gasteiger partial charge in [0.2, 0.25) is 6.54 Å². The van der Waals surface area contributed by atoms with E-state index in [9.17, 15) is 17.8 Å². The van der Waals surface area contributed by atoms with Gasteiger partial charge in [-0.2, -0.15) is 4.57 Å². The van der Waals surface area contributed by atoms with Crippen LogP contribution < -0.4 is 4.57 Å². The minimum absolute atomic E-state index is 0.177. The molecule has 0 fully saturated rings. The fourth-order valence-electron chi connectivity index (χ4n) is 1.50. The van der Waals surface area contributed by atoms with E-state index in [1.165, 1.54) is 12.1 Å². The molecular formula is C15H17NO4S. The highest BCUT2D eigenvalue weighted by atomic mass is 32.2. The first-order valence-corrected chi connectivity index (χ1v) is 7.66. The quantitative estimate of drug-likeness (QED) is 0.635. The van der Waals surface area contributed by atoms with Crippen molar-refractivity contribution in [2.24, 2.45) is 0 Å². The zero-order valence-corrected chi connectivity index (χ0v) is 12.7. The van der Waals surface area contributed by atoms with Gasteiger partial charge in [0.25, 0.3) is 0 Å². The van der Waals surface area contributed by atoms with Crippen LogP contribution in [0.1, 0.15) is 12.5 Å². The molecule has 0 saturated carbocycles. The number of ketones is 1. The molecule has 0 radical (unpaired) electrons. The van der Waals surface area contributed by atoms with Crippen molar-refractivity contribution in [3.63, 3.8) is 0 Å². The van der Waals surface area contributed by atoms with E-state index >= 15 is 0 Å². The molecule has 0 bridgehead atoms. The van der Waals surface area contributed by atoms with Crippen LogP contribution in [0.25, 0.3) is 0 Å². The molecule has 1 heterocycles. The van der Waals surface area contributed by atoms with Crippen molar-refractivity contribution in [3.05, 3.63) is 60.4 Å². The first-order chi connectivity index (χ1) is 9.79. The number of carbonyl (C=O) groups is 1. The standard InChI is InChI=1S/C8H10NO.C7H8O3S/c1-8(10)7-9-5-3-2-4-6-9;1-6-2-4-7(5-3-6)11(8,9)10/h2-6H,7H2,1H3;2-5H,1H3,(H,8,9,10)/q+1;/p-1. The maximum absolute atomic E-state index is 10.6. The summed E-state index contributed by atoms with van der Waals surface area (Å²) in [6.07, 6.45) is 3.75. The molecule has 1 aromatic carbocycles. The Morgan fingerprint density at radius 1 is 1.10 bits per heavy atom. The SMILES string of the molecule is CC(=O)C[n+]1ccccc1.Cc1ccc(S(=O)(=O)[O-])cc1. The highest BCUT2D eigenvalue weighted by Gasteiger charge is 2.00. The van der Waals surface area contributed by atoms with E-state index in [0.717, 1.165) is 5.56 Å². The van der Waals surface area contributed by atoms with Crippen molar-refractivity contribution in [2.45, 2.75) is 25.3 Å². The number of nitrogens with zero attached hydrogens (tertiary/aromatic N) is 1. The highest BCUT2D eigenvalue weighted by molar-refractivity contribution is 7.85. The molecule has 0 N–H and O–H groups in total. The van der Waals surface area contributed by atoms with Crippen molar-refractivity contribution in [3.8, 4) is 0 Å². The van der Waals surface area contributed by atoms with Gasteiger partial charge in [-0.15, -0.1) is 0 Å². The lowest BCUT2D eigenvalue weighted by Gasteiger charge is -2.05. The zero-order chi connectivity index (χ0) is 15.9. The molecule has 0 aliphatic carbocycles. The predicted molar refractivity (Wildman–Crippen MR) is 76.5 cm³/mol. The lowest BCUT2D eigenvalue weighted by molar-refractivity contribution is -0.684. The first-order valence-electron chi connectivity index (χ1n) is 6.25. The Balaban J connectivity index is 0.000000211. The van der Waals surface area contributed by atoms with Crippen LogP contribution >= 0.6 is 0 Å². The van der Waals surface area contributed by atoms with Crippen LogP contribution in [-0.2, 0) is 21.5 Å². The molecule has 2 aromatic rings. The second kappa shape index (κ2) is 7.66. The van der Waals surface area contributed by atoms with Crippen LogP contribution in [0.3, 0.4) is 0 Å². The van der Waals surface area contributed by atoms with Gasteiger partial charge in [0, 0.05) is 19.1 Å². The summed E-state index contributed by atoms with van der Waals surface area (Å²) in [4.78, 5) is 10.4. The van der Waals surface area contributed by atoms with E-state index in [1.54, 1.807) is 19.1 Å². The molecule has 21 heavy (non-hydrogen) atoms. The minimum Gasteiger partial charge on any atom is -0.744 e. The van der Waals surface area contributed by atoms with Gasteiger partial charge in [0.05, 0.1) is 4.90 Å². The van der Waals surface area contributed by atoms with Crippen LogP contribution in [0.4, 0.5) is 0 Å². The van der Waals surface area contributed by atoms with Gasteiger partial charge in [0.15, 0.2) is 18.2 Å². The summed E-state index contributed by atoms with van der Waals surface area (Å²) >= 11 is 0. The van der Waals surface area contributed by atoms with Gasteiger partial charge in [-0.25, -0.2) is 8.42 Å². The van der Waals surface area contributed by atoms with Crippen molar-refractivity contribution in [1.82, 2.24) is 0 Å². The molecule has 1 aromatic heterocycles. The average molecular weight is 307 g/mol. The van der Waals surface area contributed by atoms with Crippen molar-refractivity contribution in [2.75, 3.05) is 0 Å². The van der Waals surface area contributed by atoms with Crippen molar-refractivity contribution >= 4 is 15.9 Å². The van der Waals surface area contributed by atoms with Crippen LogP contribution in [0.15, 0.2) is 59.8 Å². The van der Waals surface area contributed by atoms with Gasteiger partial charge in [-0.3, -0.25) is 4.79 Å². The third-order valence-corrected chi connectivity index (χ3v) is 3.34. The molecule has 0 saturated heterocycles. The lowest BCUT2D eigenvalue weighted by atomic mass is 10.2. The summed E-state index contributed by atoms with van der Waals surface area (Å²) in [5, 5.41) is 0. The van der Waals surface area contributed by atoms with Gasteiger partial charge in [-0.05, 0) is 19.1 Å². The smallest absolute Gasteiger partial charge is 0.206 e. The monoisotopic (exact) mass is 307 g/mol. The minimum atomic E-state index is -4.27. The summed E-state index contributed by atoms with van der Waals surface area (Å²) in [5.41, 5.74) is 0.928. The molecule has 6 heteroatoms. The zero-order valence-electron chi connectivity index (χ0n) is 11.9. The largest absolute Gasteiger partial charge is 0.744 e. The van der Waals surface area contributed by atoms with E-state index in [-0.39, 0.29) is 10.7 Å². The predicted octanol–water partition coefficient (Wildman–Crippen LogP) is 1.46. The second-order valence-corrected chi connectivity index (χ2v) is 5.90. The number of rotatable bonds is 3. The normalized spacial score (nSPS) is 10.4. The maximum Gasteiger partial charge on any atom is 0.206 e. The first kappa shape index (κ1) is 17.0. The number of aryl methyl sites for hydroxylation is 1. The van der Waals surface area contributed by atoms with E-state index in [0.29, 0.717) is 6.54 Å². The summed E-state index contributed by atoms with van der Waals surface area (Å²) < 4.78 is 33.0. The summed E-state index contributed by atoms with van der Waals surface area (Å²) in [7, 11) is -4.27. The number of Topliss-reactive ketones (excluding diaryl/α,β-unsaturated/α-hetero) is 1. The fourth-order valence-corrected chi connectivity index (χ4v) is 1.97. The molecule has 0 aliphatic rings. The summed E-state index contributed by atoms with van der Waals surface area (Å²) in [5.74, 6) is 0.177.